The molecular formula is C18H17NO5S. The molecular weight excluding hydrogens is 342 g/mol. The van der Waals surface area contributed by atoms with E-state index in [4.69, 9.17) is 4.74 Å². The molecule has 1 heterocycles. The number of ether oxygens (including phenoxy) is 1. The SMILES string of the molecule is Cc1ccc(C(=O)COC(=O)c2cc3c(s2)CCCC3)cc1[N+](=O)[O-]. The quantitative estimate of drug-likeness (QED) is 0.350. The first-order chi connectivity index (χ1) is 12.0. The van der Waals surface area contributed by atoms with E-state index >= 15 is 0 Å². The third-order valence-corrected chi connectivity index (χ3v) is 5.48. The van der Waals surface area contributed by atoms with Gasteiger partial charge in [-0.3, -0.25) is 14.9 Å². The van der Waals surface area contributed by atoms with E-state index in [-0.39, 0.29) is 11.3 Å². The number of carbonyl (C=O) groups excluding carboxylic acids is 2. The van der Waals surface area contributed by atoms with Crippen LogP contribution in [-0.4, -0.2) is 23.3 Å². The second-order valence-corrected chi connectivity index (χ2v) is 7.16. The average Bonchev–Trinajstić information content (AvgIpc) is 3.03. The molecule has 6 nitrogen and oxygen atoms in total. The van der Waals surface area contributed by atoms with Gasteiger partial charge in [-0.25, -0.2) is 4.79 Å². The second kappa shape index (κ2) is 7.14. The maximum absolute atomic E-state index is 12.2. The Kier molecular flexibility index (Phi) is 4.94. The summed E-state index contributed by atoms with van der Waals surface area (Å²) in [4.78, 5) is 36.5. The summed E-state index contributed by atoms with van der Waals surface area (Å²) in [7, 11) is 0. The topological polar surface area (TPSA) is 86.5 Å². The lowest BCUT2D eigenvalue weighted by molar-refractivity contribution is -0.385. The van der Waals surface area contributed by atoms with E-state index in [0.29, 0.717) is 10.4 Å². The average molecular weight is 359 g/mol. The number of esters is 1. The zero-order valence-electron chi connectivity index (χ0n) is 13.7. The third kappa shape index (κ3) is 3.76. The van der Waals surface area contributed by atoms with Crippen LogP contribution in [0.5, 0.6) is 0 Å². The van der Waals surface area contributed by atoms with Crippen LogP contribution < -0.4 is 0 Å². The minimum Gasteiger partial charge on any atom is -0.453 e. The van der Waals surface area contributed by atoms with Gasteiger partial charge >= 0.3 is 5.97 Å². The van der Waals surface area contributed by atoms with Crippen molar-refractivity contribution in [2.75, 3.05) is 6.61 Å². The molecule has 1 aliphatic carbocycles. The molecule has 7 heteroatoms. The second-order valence-electron chi connectivity index (χ2n) is 6.02. The van der Waals surface area contributed by atoms with Gasteiger partial charge in [0.25, 0.3) is 5.69 Å². The smallest absolute Gasteiger partial charge is 0.348 e. The number of nitrogens with zero attached hydrogens (tertiary/aromatic N) is 1. The standard InChI is InChI=1S/C18H17NO5S/c1-11-6-7-12(8-14(11)19(22)23)15(20)10-24-18(21)17-9-13-4-2-3-5-16(13)25-17/h6-9H,2-5,10H2,1H3. The lowest BCUT2D eigenvalue weighted by atomic mass is 9.99. The molecule has 0 unspecified atom stereocenters. The van der Waals surface area contributed by atoms with E-state index in [0.717, 1.165) is 25.7 Å². The predicted molar refractivity (Wildman–Crippen MR) is 93.4 cm³/mol. The number of fused-ring (bicyclic) bond motifs is 1. The number of nitro groups is 1. The van der Waals surface area contributed by atoms with Crippen molar-refractivity contribution in [2.24, 2.45) is 0 Å². The Labute approximate surface area is 148 Å². The molecule has 0 amide bonds. The first-order valence-electron chi connectivity index (χ1n) is 8.02. The highest BCUT2D eigenvalue weighted by atomic mass is 32.1. The van der Waals surface area contributed by atoms with Gasteiger partial charge in [0.15, 0.2) is 6.61 Å². The number of rotatable bonds is 5. The summed E-state index contributed by atoms with van der Waals surface area (Å²) in [5.41, 5.74) is 1.71. The summed E-state index contributed by atoms with van der Waals surface area (Å²) in [5, 5.41) is 11.0. The van der Waals surface area contributed by atoms with Crippen LogP contribution in [0.3, 0.4) is 0 Å². The molecule has 0 N–H and O–H groups in total. The maximum Gasteiger partial charge on any atom is 0.348 e. The number of hydrogen-bond donors (Lipinski definition) is 0. The van der Waals surface area contributed by atoms with Crippen LogP contribution in [0, 0.1) is 17.0 Å². The van der Waals surface area contributed by atoms with Crippen molar-refractivity contribution in [3.63, 3.8) is 0 Å². The van der Waals surface area contributed by atoms with Crippen molar-refractivity contribution < 1.29 is 19.2 Å². The third-order valence-electron chi connectivity index (χ3n) is 4.26. The highest BCUT2D eigenvalue weighted by Gasteiger charge is 2.20. The van der Waals surface area contributed by atoms with Gasteiger partial charge in [0, 0.05) is 22.1 Å². The molecule has 1 aromatic carbocycles. The summed E-state index contributed by atoms with van der Waals surface area (Å²) in [6, 6.07) is 6.08. The fourth-order valence-electron chi connectivity index (χ4n) is 2.86. The van der Waals surface area contributed by atoms with Crippen LogP contribution in [0.2, 0.25) is 0 Å². The van der Waals surface area contributed by atoms with Crippen molar-refractivity contribution in [3.8, 4) is 0 Å². The fourth-order valence-corrected chi connectivity index (χ4v) is 4.00. The number of ketones is 1. The minimum absolute atomic E-state index is 0.122. The van der Waals surface area contributed by atoms with Crippen LogP contribution in [-0.2, 0) is 17.6 Å². The maximum atomic E-state index is 12.2. The lowest BCUT2D eigenvalue weighted by Gasteiger charge is -2.08. The van der Waals surface area contributed by atoms with Crippen molar-refractivity contribution in [1.29, 1.82) is 0 Å². The van der Waals surface area contributed by atoms with Gasteiger partial charge in [0.2, 0.25) is 5.78 Å². The van der Waals surface area contributed by atoms with Crippen LogP contribution in [0.15, 0.2) is 24.3 Å². The van der Waals surface area contributed by atoms with Gasteiger partial charge in [0.1, 0.15) is 4.88 Å². The zero-order chi connectivity index (χ0) is 18.0. The van der Waals surface area contributed by atoms with Crippen LogP contribution in [0.1, 0.15) is 48.9 Å². The monoisotopic (exact) mass is 359 g/mol. The number of nitro benzene ring substituents is 1. The molecule has 0 spiro atoms. The van der Waals surface area contributed by atoms with E-state index in [9.17, 15) is 19.7 Å². The first-order valence-corrected chi connectivity index (χ1v) is 8.84. The van der Waals surface area contributed by atoms with Crippen molar-refractivity contribution in [1.82, 2.24) is 0 Å². The molecule has 0 radical (unpaired) electrons. The Morgan fingerprint density at radius 1 is 1.24 bits per heavy atom. The number of aryl methyl sites for hydroxylation is 3. The molecule has 1 aliphatic rings. The molecule has 0 atom stereocenters. The van der Waals surface area contributed by atoms with E-state index in [1.165, 1.54) is 40.0 Å². The van der Waals surface area contributed by atoms with Gasteiger partial charge in [-0.15, -0.1) is 11.3 Å². The molecule has 0 fully saturated rings. The number of hydrogen-bond acceptors (Lipinski definition) is 6. The fraction of sp³-hybridized carbons (Fsp3) is 0.333. The molecule has 0 aliphatic heterocycles. The number of Topliss-reactive ketones (excluding diaryl/α,β-unsaturated/α-hetero) is 1. The Morgan fingerprint density at radius 3 is 2.72 bits per heavy atom. The van der Waals surface area contributed by atoms with Crippen molar-refractivity contribution in [2.45, 2.75) is 32.6 Å². The van der Waals surface area contributed by atoms with E-state index < -0.39 is 23.3 Å². The summed E-state index contributed by atoms with van der Waals surface area (Å²) >= 11 is 1.42. The molecule has 2 aromatic rings. The predicted octanol–water partition coefficient (Wildman–Crippen LogP) is 3.88. The molecule has 0 saturated carbocycles. The molecule has 3 rings (SSSR count). The molecule has 0 saturated heterocycles. The van der Waals surface area contributed by atoms with E-state index in [1.54, 1.807) is 6.92 Å². The lowest BCUT2D eigenvalue weighted by Crippen LogP contribution is -2.14. The van der Waals surface area contributed by atoms with E-state index in [1.807, 2.05) is 6.07 Å². The summed E-state index contributed by atoms with van der Waals surface area (Å²) < 4.78 is 5.10. The van der Waals surface area contributed by atoms with Gasteiger partial charge in [0.05, 0.1) is 4.92 Å². The van der Waals surface area contributed by atoms with Crippen LogP contribution in [0.4, 0.5) is 5.69 Å². The highest BCUT2D eigenvalue weighted by molar-refractivity contribution is 7.14. The Bertz CT molecular complexity index is 832. The Hall–Kier alpha value is -2.54. The minimum atomic E-state index is -0.533. The number of carbonyl (C=O) groups is 2. The molecule has 0 bridgehead atoms. The first kappa shape index (κ1) is 17.3. The van der Waals surface area contributed by atoms with E-state index in [2.05, 4.69) is 0 Å². The molecule has 25 heavy (non-hydrogen) atoms. The van der Waals surface area contributed by atoms with Crippen molar-refractivity contribution in [3.05, 3.63) is 60.8 Å². The largest absolute Gasteiger partial charge is 0.453 e. The molecule has 130 valence electrons. The van der Waals surface area contributed by atoms with Gasteiger partial charge in [-0.05, 0) is 44.2 Å². The van der Waals surface area contributed by atoms with Crippen LogP contribution >= 0.6 is 11.3 Å². The van der Waals surface area contributed by atoms with Crippen LogP contribution in [0.25, 0.3) is 0 Å². The summed E-state index contributed by atoms with van der Waals surface area (Å²) in [6.45, 7) is 1.17. The van der Waals surface area contributed by atoms with Gasteiger partial charge < -0.3 is 4.74 Å². The number of benzene rings is 1. The van der Waals surface area contributed by atoms with Gasteiger partial charge in [-0.2, -0.15) is 0 Å². The Balaban J connectivity index is 1.66. The normalized spacial score (nSPS) is 13.2. The van der Waals surface area contributed by atoms with Crippen molar-refractivity contribution >= 4 is 28.8 Å². The van der Waals surface area contributed by atoms with Gasteiger partial charge in [-0.1, -0.05) is 12.1 Å². The number of thiophene rings is 1. The zero-order valence-corrected chi connectivity index (χ0v) is 14.6. The molecule has 1 aromatic heterocycles. The Morgan fingerprint density at radius 2 is 2.00 bits per heavy atom. The summed E-state index contributed by atoms with van der Waals surface area (Å²) in [6.07, 6.45) is 4.22. The summed E-state index contributed by atoms with van der Waals surface area (Å²) in [5.74, 6) is -0.980. The highest BCUT2D eigenvalue weighted by Crippen LogP contribution is 2.30.